The summed E-state index contributed by atoms with van der Waals surface area (Å²) in [7, 11) is 0. The fourth-order valence-electron chi connectivity index (χ4n) is 2.12. The van der Waals surface area contributed by atoms with Crippen molar-refractivity contribution in [2.24, 2.45) is 0 Å². The number of amides is 1. The predicted molar refractivity (Wildman–Crippen MR) is 91.1 cm³/mol. The van der Waals surface area contributed by atoms with Crippen molar-refractivity contribution in [3.63, 3.8) is 0 Å². The van der Waals surface area contributed by atoms with Crippen LogP contribution in [0.4, 0.5) is 0 Å². The summed E-state index contributed by atoms with van der Waals surface area (Å²) in [5.74, 6) is 0.352. The van der Waals surface area contributed by atoms with Gasteiger partial charge in [0.05, 0.1) is 17.3 Å². The Morgan fingerprint density at radius 2 is 2.14 bits per heavy atom. The zero-order valence-electron chi connectivity index (χ0n) is 12.0. The van der Waals surface area contributed by atoms with Gasteiger partial charge in [0.25, 0.3) is 0 Å². The molecule has 0 saturated carbocycles. The average molecular weight is 329 g/mol. The van der Waals surface area contributed by atoms with E-state index in [0.717, 1.165) is 20.8 Å². The number of carbonyl (C=O) groups is 1. The maximum atomic E-state index is 12.1. The van der Waals surface area contributed by atoms with Crippen molar-refractivity contribution in [1.82, 2.24) is 15.3 Å². The van der Waals surface area contributed by atoms with Gasteiger partial charge in [-0.3, -0.25) is 4.79 Å². The van der Waals surface area contributed by atoms with Gasteiger partial charge < -0.3 is 5.32 Å². The SMILES string of the molecule is CC(NC(=O)CSc1ncnc2ccccc12)c1cccs1. The molecule has 112 valence electrons. The van der Waals surface area contributed by atoms with Crippen molar-refractivity contribution in [3.05, 3.63) is 53.0 Å². The molecule has 6 heteroatoms. The average Bonchev–Trinajstić information content (AvgIpc) is 3.07. The highest BCUT2D eigenvalue weighted by atomic mass is 32.2. The molecule has 2 aromatic heterocycles. The van der Waals surface area contributed by atoms with E-state index in [1.165, 1.54) is 18.1 Å². The van der Waals surface area contributed by atoms with Crippen LogP contribution in [-0.2, 0) is 4.79 Å². The van der Waals surface area contributed by atoms with Crippen molar-refractivity contribution in [2.45, 2.75) is 18.0 Å². The van der Waals surface area contributed by atoms with Crippen LogP contribution in [0.2, 0.25) is 0 Å². The second-order valence-corrected chi connectivity index (χ2v) is 6.73. The second kappa shape index (κ2) is 6.89. The molecule has 1 amide bonds. The zero-order chi connectivity index (χ0) is 15.4. The molecule has 0 bridgehead atoms. The number of carbonyl (C=O) groups excluding carboxylic acids is 1. The highest BCUT2D eigenvalue weighted by molar-refractivity contribution is 8.00. The van der Waals surface area contributed by atoms with Crippen LogP contribution in [0.1, 0.15) is 17.8 Å². The predicted octanol–water partition coefficient (Wildman–Crippen LogP) is 3.66. The molecule has 1 unspecified atom stereocenters. The number of fused-ring (bicyclic) bond motifs is 1. The third-order valence-corrected chi connectivity index (χ3v) is 5.25. The lowest BCUT2D eigenvalue weighted by atomic mass is 10.2. The third-order valence-electron chi connectivity index (χ3n) is 3.19. The van der Waals surface area contributed by atoms with Gasteiger partial charge in [0.2, 0.25) is 5.91 Å². The van der Waals surface area contributed by atoms with Crippen LogP contribution >= 0.6 is 23.1 Å². The zero-order valence-corrected chi connectivity index (χ0v) is 13.7. The van der Waals surface area contributed by atoms with Gasteiger partial charge in [-0.1, -0.05) is 36.0 Å². The van der Waals surface area contributed by atoms with Gasteiger partial charge in [0.1, 0.15) is 11.4 Å². The fraction of sp³-hybridized carbons (Fsp3) is 0.188. The van der Waals surface area contributed by atoms with Crippen LogP contribution in [0, 0.1) is 0 Å². The number of nitrogens with zero attached hydrogens (tertiary/aromatic N) is 2. The quantitative estimate of drug-likeness (QED) is 0.573. The summed E-state index contributed by atoms with van der Waals surface area (Å²) in [6.45, 7) is 1.99. The van der Waals surface area contributed by atoms with Gasteiger partial charge >= 0.3 is 0 Å². The largest absolute Gasteiger partial charge is 0.348 e. The Bertz CT molecular complexity index is 769. The highest BCUT2D eigenvalue weighted by Crippen LogP contribution is 2.24. The standard InChI is InChI=1S/C16H15N3OS2/c1-11(14-7-4-8-21-14)19-15(20)9-22-16-12-5-2-3-6-13(12)17-10-18-16/h2-8,10-11H,9H2,1H3,(H,19,20). The number of thioether (sulfide) groups is 1. The second-order valence-electron chi connectivity index (χ2n) is 4.79. The van der Waals surface area contributed by atoms with E-state index in [2.05, 4.69) is 15.3 Å². The Morgan fingerprint density at radius 1 is 1.27 bits per heavy atom. The van der Waals surface area contributed by atoms with Crippen LogP contribution in [0.5, 0.6) is 0 Å². The molecule has 0 saturated heterocycles. The molecule has 1 N–H and O–H groups in total. The molecule has 2 heterocycles. The molecule has 0 aliphatic heterocycles. The highest BCUT2D eigenvalue weighted by Gasteiger charge is 2.12. The minimum absolute atomic E-state index is 0.00796. The van der Waals surface area contributed by atoms with Crippen LogP contribution in [0.3, 0.4) is 0 Å². The normalized spacial score (nSPS) is 12.2. The lowest BCUT2D eigenvalue weighted by Gasteiger charge is -2.12. The lowest BCUT2D eigenvalue weighted by molar-refractivity contribution is -0.119. The van der Waals surface area contributed by atoms with E-state index in [0.29, 0.717) is 5.75 Å². The summed E-state index contributed by atoms with van der Waals surface area (Å²) in [4.78, 5) is 21.8. The Morgan fingerprint density at radius 3 is 2.95 bits per heavy atom. The van der Waals surface area contributed by atoms with E-state index in [1.54, 1.807) is 11.3 Å². The van der Waals surface area contributed by atoms with Crippen LogP contribution in [-0.4, -0.2) is 21.6 Å². The molecule has 3 rings (SSSR count). The number of benzene rings is 1. The fourth-order valence-corrected chi connectivity index (χ4v) is 3.66. The molecule has 0 aliphatic carbocycles. The Labute approximate surface area is 137 Å². The first-order valence-electron chi connectivity index (χ1n) is 6.89. The van der Waals surface area contributed by atoms with Gasteiger partial charge in [0.15, 0.2) is 0 Å². The summed E-state index contributed by atoms with van der Waals surface area (Å²) in [6, 6.07) is 11.9. The van der Waals surface area contributed by atoms with E-state index in [9.17, 15) is 4.79 Å². The molecule has 3 aromatic rings. The maximum Gasteiger partial charge on any atom is 0.230 e. The van der Waals surface area contributed by atoms with Crippen molar-refractivity contribution in [1.29, 1.82) is 0 Å². The first-order valence-corrected chi connectivity index (χ1v) is 8.76. The summed E-state index contributed by atoms with van der Waals surface area (Å²) in [5.41, 5.74) is 0.896. The van der Waals surface area contributed by atoms with Crippen molar-refractivity contribution in [3.8, 4) is 0 Å². The number of thiophene rings is 1. The first-order chi connectivity index (χ1) is 10.7. The number of hydrogen-bond donors (Lipinski definition) is 1. The van der Waals surface area contributed by atoms with Crippen molar-refractivity contribution >= 4 is 39.9 Å². The topological polar surface area (TPSA) is 54.9 Å². The van der Waals surface area contributed by atoms with Gasteiger partial charge in [-0.2, -0.15) is 0 Å². The summed E-state index contributed by atoms with van der Waals surface area (Å²) >= 11 is 3.08. The van der Waals surface area contributed by atoms with Gasteiger partial charge in [-0.25, -0.2) is 9.97 Å². The molecule has 1 atom stereocenters. The summed E-state index contributed by atoms with van der Waals surface area (Å²) in [6.07, 6.45) is 1.54. The summed E-state index contributed by atoms with van der Waals surface area (Å²) in [5, 5.41) is 6.84. The molecule has 4 nitrogen and oxygen atoms in total. The third kappa shape index (κ3) is 3.45. The van der Waals surface area contributed by atoms with E-state index in [-0.39, 0.29) is 11.9 Å². The first kappa shape index (κ1) is 15.0. The monoisotopic (exact) mass is 329 g/mol. The van der Waals surface area contributed by atoms with E-state index in [1.807, 2.05) is 48.7 Å². The van der Waals surface area contributed by atoms with Gasteiger partial charge in [-0.15, -0.1) is 11.3 Å². The molecule has 1 aromatic carbocycles. The molecular formula is C16H15N3OS2. The van der Waals surface area contributed by atoms with Crippen LogP contribution in [0.15, 0.2) is 53.1 Å². The Kier molecular flexibility index (Phi) is 4.70. The number of para-hydroxylation sites is 1. The summed E-state index contributed by atoms with van der Waals surface area (Å²) < 4.78 is 0. The number of aromatic nitrogens is 2. The minimum atomic E-state index is 0.00796. The van der Waals surface area contributed by atoms with E-state index in [4.69, 9.17) is 0 Å². The van der Waals surface area contributed by atoms with Crippen LogP contribution < -0.4 is 5.32 Å². The number of nitrogens with one attached hydrogen (secondary N) is 1. The van der Waals surface area contributed by atoms with Crippen LogP contribution in [0.25, 0.3) is 10.9 Å². The van der Waals surface area contributed by atoms with E-state index >= 15 is 0 Å². The molecule has 22 heavy (non-hydrogen) atoms. The molecule has 0 aliphatic rings. The molecular weight excluding hydrogens is 314 g/mol. The minimum Gasteiger partial charge on any atom is -0.348 e. The van der Waals surface area contributed by atoms with Gasteiger partial charge in [0, 0.05) is 10.3 Å². The van der Waals surface area contributed by atoms with Gasteiger partial charge in [-0.05, 0) is 24.4 Å². The Hall–Kier alpha value is -1.92. The molecule has 0 fully saturated rings. The molecule has 0 radical (unpaired) electrons. The number of rotatable bonds is 5. The van der Waals surface area contributed by atoms with Crippen molar-refractivity contribution in [2.75, 3.05) is 5.75 Å². The Balaban J connectivity index is 1.63. The maximum absolute atomic E-state index is 12.1. The van der Waals surface area contributed by atoms with E-state index < -0.39 is 0 Å². The molecule has 0 spiro atoms. The number of hydrogen-bond acceptors (Lipinski definition) is 5. The van der Waals surface area contributed by atoms with Crippen molar-refractivity contribution < 1.29 is 4.79 Å². The smallest absolute Gasteiger partial charge is 0.230 e. The lowest BCUT2D eigenvalue weighted by Crippen LogP contribution is -2.27.